The molecule has 4 aromatic rings. The summed E-state index contributed by atoms with van der Waals surface area (Å²) in [5.74, 6) is 1.13. The standard InChI is InChI=1S/C17H13ClN4OS/c1-11-4-3-7-22-9-14(19-15(11)22)10-24-17-21-20-16(23-17)12-5-2-6-13(18)8-12/h2-9H,10H2,1H3. The maximum atomic E-state index is 5.99. The third kappa shape index (κ3) is 3.02. The molecule has 120 valence electrons. The number of aryl methyl sites for hydroxylation is 1. The van der Waals surface area contributed by atoms with Crippen LogP contribution in [0.25, 0.3) is 17.1 Å². The lowest BCUT2D eigenvalue weighted by Gasteiger charge is -1.95. The highest BCUT2D eigenvalue weighted by Crippen LogP contribution is 2.27. The van der Waals surface area contributed by atoms with Crippen molar-refractivity contribution in [2.75, 3.05) is 0 Å². The van der Waals surface area contributed by atoms with Crippen LogP contribution >= 0.6 is 23.4 Å². The van der Waals surface area contributed by atoms with Gasteiger partial charge in [-0.3, -0.25) is 0 Å². The Labute approximate surface area is 147 Å². The average Bonchev–Trinajstić information content (AvgIpc) is 3.20. The van der Waals surface area contributed by atoms with E-state index in [0.717, 1.165) is 22.5 Å². The van der Waals surface area contributed by atoms with Crippen LogP contribution in [0.3, 0.4) is 0 Å². The molecule has 0 atom stereocenters. The van der Waals surface area contributed by atoms with Crippen LogP contribution in [0.15, 0.2) is 58.4 Å². The monoisotopic (exact) mass is 356 g/mol. The van der Waals surface area contributed by atoms with Gasteiger partial charge in [0.2, 0.25) is 5.89 Å². The van der Waals surface area contributed by atoms with E-state index >= 15 is 0 Å². The highest BCUT2D eigenvalue weighted by molar-refractivity contribution is 7.98. The number of benzene rings is 1. The van der Waals surface area contributed by atoms with Crippen molar-refractivity contribution >= 4 is 29.0 Å². The summed E-state index contributed by atoms with van der Waals surface area (Å²) in [4.78, 5) is 4.64. The molecule has 3 heterocycles. The van der Waals surface area contributed by atoms with E-state index in [9.17, 15) is 0 Å². The van der Waals surface area contributed by atoms with Gasteiger partial charge in [0.15, 0.2) is 0 Å². The molecule has 0 aliphatic carbocycles. The van der Waals surface area contributed by atoms with Crippen molar-refractivity contribution in [3.05, 3.63) is 65.1 Å². The molecule has 5 nitrogen and oxygen atoms in total. The minimum absolute atomic E-state index is 0.464. The topological polar surface area (TPSA) is 56.2 Å². The molecule has 0 fully saturated rings. The van der Waals surface area contributed by atoms with Gasteiger partial charge >= 0.3 is 0 Å². The van der Waals surface area contributed by atoms with E-state index in [1.165, 1.54) is 11.8 Å². The van der Waals surface area contributed by atoms with Gasteiger partial charge in [0, 0.05) is 28.7 Å². The molecular weight excluding hydrogens is 344 g/mol. The molecule has 3 aromatic heterocycles. The van der Waals surface area contributed by atoms with E-state index in [1.807, 2.05) is 41.1 Å². The molecule has 0 N–H and O–H groups in total. The second kappa shape index (κ2) is 6.30. The van der Waals surface area contributed by atoms with Crippen LogP contribution in [0.5, 0.6) is 0 Å². The summed E-state index contributed by atoms with van der Waals surface area (Å²) in [7, 11) is 0. The number of pyridine rings is 1. The molecule has 0 saturated heterocycles. The van der Waals surface area contributed by atoms with Crippen LogP contribution in [0, 0.1) is 6.92 Å². The molecule has 0 radical (unpaired) electrons. The third-order valence-corrected chi connectivity index (χ3v) is 4.64. The molecule has 0 aliphatic rings. The van der Waals surface area contributed by atoms with Crippen molar-refractivity contribution in [3.63, 3.8) is 0 Å². The van der Waals surface area contributed by atoms with Gasteiger partial charge in [-0.2, -0.15) is 0 Å². The minimum atomic E-state index is 0.464. The zero-order valence-electron chi connectivity index (χ0n) is 12.8. The largest absolute Gasteiger partial charge is 0.411 e. The zero-order chi connectivity index (χ0) is 16.5. The molecule has 4 rings (SSSR count). The summed E-state index contributed by atoms with van der Waals surface area (Å²) in [6, 6.07) is 11.4. The first-order valence-electron chi connectivity index (χ1n) is 7.34. The first-order chi connectivity index (χ1) is 11.7. The number of thioether (sulfide) groups is 1. The summed E-state index contributed by atoms with van der Waals surface area (Å²) in [6.07, 6.45) is 4.01. The fourth-order valence-electron chi connectivity index (χ4n) is 2.42. The molecule has 0 spiro atoms. The number of fused-ring (bicyclic) bond motifs is 1. The van der Waals surface area contributed by atoms with E-state index in [0.29, 0.717) is 21.9 Å². The van der Waals surface area contributed by atoms with Crippen molar-refractivity contribution in [1.29, 1.82) is 0 Å². The summed E-state index contributed by atoms with van der Waals surface area (Å²) >= 11 is 7.45. The Morgan fingerprint density at radius 1 is 1.21 bits per heavy atom. The predicted octanol–water partition coefficient (Wildman–Crippen LogP) is 4.64. The summed E-state index contributed by atoms with van der Waals surface area (Å²) in [6.45, 7) is 2.05. The van der Waals surface area contributed by atoms with Crippen LogP contribution < -0.4 is 0 Å². The van der Waals surface area contributed by atoms with E-state index in [2.05, 4.69) is 28.2 Å². The number of aromatic nitrogens is 4. The maximum Gasteiger partial charge on any atom is 0.277 e. The summed E-state index contributed by atoms with van der Waals surface area (Å²) < 4.78 is 7.72. The van der Waals surface area contributed by atoms with E-state index < -0.39 is 0 Å². The molecule has 7 heteroatoms. The average molecular weight is 357 g/mol. The zero-order valence-corrected chi connectivity index (χ0v) is 14.4. The van der Waals surface area contributed by atoms with Gasteiger partial charge in [-0.25, -0.2) is 4.98 Å². The predicted molar refractivity (Wildman–Crippen MR) is 94.2 cm³/mol. The molecule has 1 aromatic carbocycles. The lowest BCUT2D eigenvalue weighted by Crippen LogP contribution is -1.84. The van der Waals surface area contributed by atoms with Gasteiger partial charge in [-0.1, -0.05) is 35.5 Å². The summed E-state index contributed by atoms with van der Waals surface area (Å²) in [5.41, 5.74) is 3.90. The van der Waals surface area contributed by atoms with E-state index in [4.69, 9.17) is 16.0 Å². The Morgan fingerprint density at radius 3 is 2.96 bits per heavy atom. The second-order valence-electron chi connectivity index (χ2n) is 5.33. The van der Waals surface area contributed by atoms with Gasteiger partial charge < -0.3 is 8.82 Å². The Balaban J connectivity index is 1.50. The molecular formula is C17H13ClN4OS. The number of halogens is 1. The van der Waals surface area contributed by atoms with Crippen LogP contribution in [0.4, 0.5) is 0 Å². The first-order valence-corrected chi connectivity index (χ1v) is 8.71. The number of imidazole rings is 1. The van der Waals surface area contributed by atoms with Crippen molar-refractivity contribution in [3.8, 4) is 11.5 Å². The lowest BCUT2D eigenvalue weighted by molar-refractivity contribution is 0.466. The van der Waals surface area contributed by atoms with Crippen LogP contribution in [0.1, 0.15) is 11.3 Å². The fourth-order valence-corrected chi connectivity index (χ4v) is 3.25. The normalized spacial score (nSPS) is 11.2. The van der Waals surface area contributed by atoms with Crippen molar-refractivity contribution < 1.29 is 4.42 Å². The number of hydrogen-bond acceptors (Lipinski definition) is 5. The minimum Gasteiger partial charge on any atom is -0.411 e. The Morgan fingerprint density at radius 2 is 2.12 bits per heavy atom. The highest BCUT2D eigenvalue weighted by atomic mass is 35.5. The number of nitrogens with zero attached hydrogens (tertiary/aromatic N) is 4. The Hall–Kier alpha value is -2.31. The molecule has 0 unspecified atom stereocenters. The van der Waals surface area contributed by atoms with Crippen LogP contribution in [-0.2, 0) is 5.75 Å². The fraction of sp³-hybridized carbons (Fsp3) is 0.118. The molecule has 0 saturated carbocycles. The van der Waals surface area contributed by atoms with Gasteiger partial charge in [0.1, 0.15) is 5.65 Å². The maximum absolute atomic E-state index is 5.99. The third-order valence-electron chi connectivity index (χ3n) is 3.55. The first kappa shape index (κ1) is 15.2. The quantitative estimate of drug-likeness (QED) is 0.498. The number of rotatable bonds is 4. The smallest absolute Gasteiger partial charge is 0.277 e. The SMILES string of the molecule is Cc1cccn2cc(CSc3nnc(-c4cccc(Cl)c4)o3)nc12. The van der Waals surface area contributed by atoms with Gasteiger partial charge in [0.25, 0.3) is 5.22 Å². The van der Waals surface area contributed by atoms with Gasteiger partial charge in [0.05, 0.1) is 5.69 Å². The highest BCUT2D eigenvalue weighted by Gasteiger charge is 2.11. The second-order valence-corrected chi connectivity index (χ2v) is 6.69. The Kier molecular flexibility index (Phi) is 4.00. The lowest BCUT2D eigenvalue weighted by atomic mass is 10.2. The van der Waals surface area contributed by atoms with E-state index in [1.54, 1.807) is 6.07 Å². The van der Waals surface area contributed by atoms with Gasteiger partial charge in [-0.15, -0.1) is 10.2 Å². The van der Waals surface area contributed by atoms with Crippen molar-refractivity contribution in [1.82, 2.24) is 19.6 Å². The Bertz CT molecular complexity index is 1010. The number of hydrogen-bond donors (Lipinski definition) is 0. The molecule has 0 aliphatic heterocycles. The van der Waals surface area contributed by atoms with E-state index in [-0.39, 0.29) is 0 Å². The van der Waals surface area contributed by atoms with Crippen molar-refractivity contribution in [2.24, 2.45) is 0 Å². The molecule has 0 amide bonds. The van der Waals surface area contributed by atoms with Crippen LogP contribution in [0.2, 0.25) is 5.02 Å². The van der Waals surface area contributed by atoms with Crippen LogP contribution in [-0.4, -0.2) is 19.6 Å². The molecule has 0 bridgehead atoms. The van der Waals surface area contributed by atoms with Crippen molar-refractivity contribution in [2.45, 2.75) is 17.9 Å². The van der Waals surface area contributed by atoms with Gasteiger partial charge in [-0.05, 0) is 36.8 Å². The molecule has 24 heavy (non-hydrogen) atoms. The summed E-state index contributed by atoms with van der Waals surface area (Å²) in [5, 5.41) is 9.30.